The van der Waals surface area contributed by atoms with E-state index >= 15 is 0 Å². The molecule has 0 aromatic heterocycles. The topological polar surface area (TPSA) is 75.4 Å². The highest BCUT2D eigenvalue weighted by Crippen LogP contribution is 2.29. The van der Waals surface area contributed by atoms with E-state index in [4.69, 9.17) is 11.6 Å². The smallest absolute Gasteiger partial charge is 0.271 e. The molecular weight excluding hydrogens is 256 g/mol. The maximum atomic E-state index is 10.6. The van der Waals surface area contributed by atoms with Gasteiger partial charge in [0, 0.05) is 24.6 Å². The minimum Gasteiger partial charge on any atom is -0.393 e. The molecule has 2 atom stereocenters. The fraction of sp³-hybridized carbons (Fsp3) is 0.500. The third-order valence-corrected chi connectivity index (χ3v) is 3.65. The minimum absolute atomic E-state index is 0.0218. The fourth-order valence-corrected chi connectivity index (χ4v) is 2.50. The molecule has 0 bridgehead atoms. The van der Waals surface area contributed by atoms with Crippen molar-refractivity contribution in [2.24, 2.45) is 5.92 Å². The zero-order valence-corrected chi connectivity index (χ0v) is 10.6. The summed E-state index contributed by atoms with van der Waals surface area (Å²) >= 11 is 5.97. The number of nitrogens with one attached hydrogen (secondary N) is 1. The largest absolute Gasteiger partial charge is 0.393 e. The van der Waals surface area contributed by atoms with Gasteiger partial charge in [0.2, 0.25) is 0 Å². The van der Waals surface area contributed by atoms with Crippen molar-refractivity contribution < 1.29 is 10.0 Å². The first-order valence-electron chi connectivity index (χ1n) is 5.94. The molecule has 0 saturated heterocycles. The summed E-state index contributed by atoms with van der Waals surface area (Å²) in [5.74, 6) is 0.233. The Bertz CT molecular complexity index is 453. The molecule has 1 aliphatic carbocycles. The molecule has 2 N–H and O–H groups in total. The van der Waals surface area contributed by atoms with Crippen LogP contribution in [0.3, 0.4) is 0 Å². The summed E-state index contributed by atoms with van der Waals surface area (Å²) in [4.78, 5) is 10.1. The van der Waals surface area contributed by atoms with Crippen LogP contribution in [0.4, 0.5) is 11.4 Å². The van der Waals surface area contributed by atoms with Gasteiger partial charge in [-0.25, -0.2) is 0 Å². The van der Waals surface area contributed by atoms with Crippen molar-refractivity contribution in [3.05, 3.63) is 33.3 Å². The van der Waals surface area contributed by atoms with E-state index in [0.29, 0.717) is 17.3 Å². The van der Waals surface area contributed by atoms with Gasteiger partial charge in [0.15, 0.2) is 0 Å². The number of nitro groups is 1. The maximum Gasteiger partial charge on any atom is 0.271 e. The van der Waals surface area contributed by atoms with E-state index in [1.165, 1.54) is 12.1 Å². The van der Waals surface area contributed by atoms with Crippen LogP contribution in [0.15, 0.2) is 18.2 Å². The van der Waals surface area contributed by atoms with Gasteiger partial charge in [0.1, 0.15) is 0 Å². The highest BCUT2D eigenvalue weighted by Gasteiger charge is 2.24. The zero-order valence-electron chi connectivity index (χ0n) is 9.80. The summed E-state index contributed by atoms with van der Waals surface area (Å²) in [5, 5.41) is 23.7. The van der Waals surface area contributed by atoms with E-state index < -0.39 is 4.92 Å². The van der Waals surface area contributed by atoms with Crippen LogP contribution in [0.25, 0.3) is 0 Å². The molecule has 5 nitrogen and oxygen atoms in total. The third-order valence-electron chi connectivity index (χ3n) is 3.34. The van der Waals surface area contributed by atoms with Crippen LogP contribution in [0.5, 0.6) is 0 Å². The molecule has 0 spiro atoms. The number of halogens is 1. The Hall–Kier alpha value is -1.33. The van der Waals surface area contributed by atoms with Crippen molar-refractivity contribution in [3.63, 3.8) is 0 Å². The van der Waals surface area contributed by atoms with E-state index in [2.05, 4.69) is 5.32 Å². The predicted octanol–water partition coefficient (Wildman–Crippen LogP) is 2.82. The number of nitrogens with zero attached hydrogens (tertiary/aromatic N) is 1. The Morgan fingerprint density at radius 3 is 2.83 bits per heavy atom. The van der Waals surface area contributed by atoms with E-state index in [-0.39, 0.29) is 17.7 Å². The van der Waals surface area contributed by atoms with Crippen LogP contribution >= 0.6 is 11.6 Å². The molecule has 1 aliphatic rings. The van der Waals surface area contributed by atoms with Gasteiger partial charge in [-0.2, -0.15) is 0 Å². The van der Waals surface area contributed by atoms with Crippen LogP contribution in [-0.4, -0.2) is 22.7 Å². The molecule has 2 rings (SSSR count). The Balaban J connectivity index is 1.99. The third kappa shape index (κ3) is 2.91. The molecule has 98 valence electrons. The highest BCUT2D eigenvalue weighted by molar-refractivity contribution is 6.33. The molecule has 6 heteroatoms. The summed E-state index contributed by atoms with van der Waals surface area (Å²) in [7, 11) is 0. The molecule has 1 saturated carbocycles. The van der Waals surface area contributed by atoms with E-state index in [1.807, 2.05) is 0 Å². The fourth-order valence-electron chi connectivity index (χ4n) is 2.26. The second kappa shape index (κ2) is 5.54. The van der Waals surface area contributed by atoms with Crippen LogP contribution in [0.2, 0.25) is 5.02 Å². The molecule has 0 heterocycles. The van der Waals surface area contributed by atoms with Gasteiger partial charge in [-0.1, -0.05) is 18.0 Å². The SMILES string of the molecule is O=[N+]([O-])c1ccc(NCC2CCCC2O)c(Cl)c1. The van der Waals surface area contributed by atoms with Crippen LogP contribution in [-0.2, 0) is 0 Å². The standard InChI is InChI=1S/C12H15ClN2O3/c13-10-6-9(15(17)18)4-5-11(10)14-7-8-2-1-3-12(8)16/h4-6,8,12,14,16H,1-3,7H2. The number of hydrogen-bond donors (Lipinski definition) is 2. The van der Waals surface area contributed by atoms with Gasteiger partial charge in [0.05, 0.1) is 21.7 Å². The average Bonchev–Trinajstić information content (AvgIpc) is 2.73. The van der Waals surface area contributed by atoms with Crippen molar-refractivity contribution >= 4 is 23.0 Å². The lowest BCUT2D eigenvalue weighted by atomic mass is 10.1. The Morgan fingerprint density at radius 1 is 1.50 bits per heavy atom. The monoisotopic (exact) mass is 270 g/mol. The number of rotatable bonds is 4. The molecular formula is C12H15ClN2O3. The van der Waals surface area contributed by atoms with Gasteiger partial charge in [0.25, 0.3) is 5.69 Å². The highest BCUT2D eigenvalue weighted by atomic mass is 35.5. The lowest BCUT2D eigenvalue weighted by Crippen LogP contribution is -2.21. The molecule has 18 heavy (non-hydrogen) atoms. The van der Waals surface area contributed by atoms with Gasteiger partial charge in [-0.15, -0.1) is 0 Å². The van der Waals surface area contributed by atoms with E-state index in [1.54, 1.807) is 6.07 Å². The molecule has 0 radical (unpaired) electrons. The molecule has 1 fully saturated rings. The maximum absolute atomic E-state index is 10.6. The minimum atomic E-state index is -0.476. The van der Waals surface area contributed by atoms with E-state index in [0.717, 1.165) is 19.3 Å². The van der Waals surface area contributed by atoms with Crippen LogP contribution in [0.1, 0.15) is 19.3 Å². The van der Waals surface area contributed by atoms with Crippen molar-refractivity contribution in [3.8, 4) is 0 Å². The number of nitro benzene ring substituents is 1. The van der Waals surface area contributed by atoms with Gasteiger partial charge >= 0.3 is 0 Å². The van der Waals surface area contributed by atoms with Crippen molar-refractivity contribution in [1.29, 1.82) is 0 Å². The average molecular weight is 271 g/mol. The second-order valence-corrected chi connectivity index (χ2v) is 4.97. The lowest BCUT2D eigenvalue weighted by Gasteiger charge is -2.16. The molecule has 1 aromatic carbocycles. The Morgan fingerprint density at radius 2 is 2.28 bits per heavy atom. The first-order chi connectivity index (χ1) is 8.58. The van der Waals surface area contributed by atoms with Gasteiger partial charge < -0.3 is 10.4 Å². The van der Waals surface area contributed by atoms with Crippen molar-refractivity contribution in [2.75, 3.05) is 11.9 Å². The first kappa shape index (κ1) is 13.1. The van der Waals surface area contributed by atoms with Crippen LogP contribution in [0, 0.1) is 16.0 Å². The summed E-state index contributed by atoms with van der Waals surface area (Å²) in [6, 6.07) is 4.34. The quantitative estimate of drug-likeness (QED) is 0.652. The molecule has 2 unspecified atom stereocenters. The predicted molar refractivity (Wildman–Crippen MR) is 69.9 cm³/mol. The number of aliphatic hydroxyl groups excluding tert-OH is 1. The summed E-state index contributed by atoms with van der Waals surface area (Å²) < 4.78 is 0. The van der Waals surface area contributed by atoms with Gasteiger partial charge in [-0.05, 0) is 18.9 Å². The number of anilines is 1. The second-order valence-electron chi connectivity index (χ2n) is 4.56. The summed E-state index contributed by atoms with van der Waals surface area (Å²) in [6.07, 6.45) is 2.63. The first-order valence-corrected chi connectivity index (χ1v) is 6.31. The number of hydrogen-bond acceptors (Lipinski definition) is 4. The van der Waals surface area contributed by atoms with Crippen molar-refractivity contribution in [1.82, 2.24) is 0 Å². The van der Waals surface area contributed by atoms with Crippen LogP contribution < -0.4 is 5.32 Å². The summed E-state index contributed by atoms with van der Waals surface area (Å²) in [6.45, 7) is 0.638. The summed E-state index contributed by atoms with van der Waals surface area (Å²) in [5.41, 5.74) is 0.646. The van der Waals surface area contributed by atoms with Crippen molar-refractivity contribution in [2.45, 2.75) is 25.4 Å². The molecule has 1 aromatic rings. The number of benzene rings is 1. The molecule has 0 aliphatic heterocycles. The molecule has 0 amide bonds. The number of non-ortho nitro benzene ring substituents is 1. The lowest BCUT2D eigenvalue weighted by molar-refractivity contribution is -0.384. The van der Waals surface area contributed by atoms with Gasteiger partial charge in [-0.3, -0.25) is 10.1 Å². The van der Waals surface area contributed by atoms with E-state index in [9.17, 15) is 15.2 Å². The Labute approximate surface area is 110 Å². The Kier molecular flexibility index (Phi) is 4.04. The number of aliphatic hydroxyl groups is 1. The zero-order chi connectivity index (χ0) is 13.1. The normalized spacial score (nSPS) is 23.0.